The van der Waals surface area contributed by atoms with Crippen LogP contribution in [-0.4, -0.2) is 0 Å². The molecule has 0 N–H and O–H groups in total. The molecule has 3 heteroatoms. The van der Waals surface area contributed by atoms with Crippen LogP contribution in [0.25, 0.3) is 0 Å². The van der Waals surface area contributed by atoms with Crippen LogP contribution >= 0.6 is 12.6 Å². The van der Waals surface area contributed by atoms with Crippen LogP contribution in [0.4, 0.5) is 8.78 Å². The van der Waals surface area contributed by atoms with E-state index in [1.165, 1.54) is 12.1 Å². The largest absolute Gasteiger partial charge is 0.207 e. The first-order chi connectivity index (χ1) is 10.0. The standard InChI is InChI=1S/C18H24F2S/c1-3-5-7-13-8-9-14-15(19)10-11-16(20)17(14)18(13,21)12-6-4-2/h3,5,10-11,13,21H,4,6-9,12H2,1-2H3/b5-3-/t13?,18-/m0/s1. The quantitative estimate of drug-likeness (QED) is 0.515. The van der Waals surface area contributed by atoms with E-state index in [1.54, 1.807) is 0 Å². The van der Waals surface area contributed by atoms with Crippen LogP contribution < -0.4 is 0 Å². The van der Waals surface area contributed by atoms with E-state index >= 15 is 0 Å². The number of unbranched alkanes of at least 4 members (excludes halogenated alkanes) is 1. The van der Waals surface area contributed by atoms with Crippen LogP contribution in [0.3, 0.4) is 0 Å². The summed E-state index contributed by atoms with van der Waals surface area (Å²) in [5.41, 5.74) is 1.05. The monoisotopic (exact) mass is 310 g/mol. The van der Waals surface area contributed by atoms with Crippen LogP contribution in [0.5, 0.6) is 0 Å². The van der Waals surface area contributed by atoms with Gasteiger partial charge in [0.2, 0.25) is 0 Å². The van der Waals surface area contributed by atoms with Gasteiger partial charge in [0, 0.05) is 10.3 Å². The minimum absolute atomic E-state index is 0.257. The molecule has 0 bridgehead atoms. The van der Waals surface area contributed by atoms with Gasteiger partial charge in [-0.25, -0.2) is 8.78 Å². The number of hydrogen-bond acceptors (Lipinski definition) is 1. The number of thiol groups is 1. The van der Waals surface area contributed by atoms with Gasteiger partial charge in [-0.1, -0.05) is 31.9 Å². The summed E-state index contributed by atoms with van der Waals surface area (Å²) in [6.07, 6.45) is 9.28. The average Bonchev–Trinajstić information content (AvgIpc) is 2.48. The van der Waals surface area contributed by atoms with E-state index in [0.717, 1.165) is 32.1 Å². The zero-order valence-electron chi connectivity index (χ0n) is 12.8. The molecular formula is C18H24F2S. The summed E-state index contributed by atoms with van der Waals surface area (Å²) in [5.74, 6) is -0.333. The molecule has 0 heterocycles. The maximum Gasteiger partial charge on any atom is 0.128 e. The lowest BCUT2D eigenvalue weighted by atomic mass is 9.70. The third kappa shape index (κ3) is 3.18. The van der Waals surface area contributed by atoms with Crippen molar-refractivity contribution in [3.8, 4) is 0 Å². The molecular weight excluding hydrogens is 286 g/mol. The highest BCUT2D eigenvalue weighted by molar-refractivity contribution is 7.81. The van der Waals surface area contributed by atoms with Crippen molar-refractivity contribution in [1.29, 1.82) is 0 Å². The molecule has 0 spiro atoms. The highest BCUT2D eigenvalue weighted by atomic mass is 32.1. The van der Waals surface area contributed by atoms with Gasteiger partial charge in [-0.05, 0) is 56.2 Å². The van der Waals surface area contributed by atoms with E-state index in [-0.39, 0.29) is 17.6 Å². The van der Waals surface area contributed by atoms with Gasteiger partial charge < -0.3 is 0 Å². The molecule has 1 aromatic carbocycles. The number of halogens is 2. The van der Waals surface area contributed by atoms with Crippen molar-refractivity contribution in [3.05, 3.63) is 47.0 Å². The molecule has 1 aliphatic carbocycles. The molecule has 116 valence electrons. The molecule has 0 saturated carbocycles. The van der Waals surface area contributed by atoms with E-state index in [9.17, 15) is 8.78 Å². The van der Waals surface area contributed by atoms with Gasteiger partial charge in [0.15, 0.2) is 0 Å². The van der Waals surface area contributed by atoms with Crippen LogP contribution in [0, 0.1) is 17.6 Å². The molecule has 0 radical (unpaired) electrons. The molecule has 21 heavy (non-hydrogen) atoms. The number of fused-ring (bicyclic) bond motifs is 1. The Balaban J connectivity index is 2.49. The summed E-state index contributed by atoms with van der Waals surface area (Å²) >= 11 is 4.91. The van der Waals surface area contributed by atoms with Crippen molar-refractivity contribution in [2.45, 2.75) is 57.1 Å². The molecule has 2 rings (SSSR count). The van der Waals surface area contributed by atoms with Crippen molar-refractivity contribution >= 4 is 12.6 Å². The summed E-state index contributed by atoms with van der Waals surface area (Å²) in [6, 6.07) is 2.50. The van der Waals surface area contributed by atoms with Gasteiger partial charge in [0.1, 0.15) is 11.6 Å². The zero-order valence-corrected chi connectivity index (χ0v) is 13.7. The van der Waals surface area contributed by atoms with Gasteiger partial charge in [0.25, 0.3) is 0 Å². The van der Waals surface area contributed by atoms with E-state index in [0.29, 0.717) is 17.5 Å². The predicted molar refractivity (Wildman–Crippen MR) is 87.8 cm³/mol. The summed E-state index contributed by atoms with van der Waals surface area (Å²) < 4.78 is 28.0. The predicted octanol–water partition coefficient (Wildman–Crippen LogP) is 5.81. The Labute approximate surface area is 132 Å². The molecule has 0 fully saturated rings. The maximum absolute atomic E-state index is 14.4. The van der Waals surface area contributed by atoms with Crippen molar-refractivity contribution in [2.75, 3.05) is 0 Å². The van der Waals surface area contributed by atoms with Crippen molar-refractivity contribution < 1.29 is 8.78 Å². The normalized spacial score (nSPS) is 25.3. The van der Waals surface area contributed by atoms with Crippen molar-refractivity contribution in [2.24, 2.45) is 5.92 Å². The Kier molecular flexibility index (Phi) is 5.48. The van der Waals surface area contributed by atoms with E-state index in [1.807, 2.05) is 13.0 Å². The number of hydrogen-bond donors (Lipinski definition) is 1. The Morgan fingerprint density at radius 1 is 1.33 bits per heavy atom. The molecule has 2 atom stereocenters. The minimum Gasteiger partial charge on any atom is -0.207 e. The van der Waals surface area contributed by atoms with Crippen LogP contribution in [0.15, 0.2) is 24.3 Å². The summed E-state index contributed by atoms with van der Waals surface area (Å²) in [7, 11) is 0. The van der Waals surface area contributed by atoms with Crippen LogP contribution in [0.2, 0.25) is 0 Å². The summed E-state index contributed by atoms with van der Waals surface area (Å²) in [6.45, 7) is 4.10. The summed E-state index contributed by atoms with van der Waals surface area (Å²) in [4.78, 5) is 0. The maximum atomic E-state index is 14.4. The fourth-order valence-corrected chi connectivity index (χ4v) is 4.09. The zero-order chi connectivity index (χ0) is 15.5. The molecule has 1 unspecified atom stereocenters. The number of benzene rings is 1. The van der Waals surface area contributed by atoms with E-state index in [2.05, 4.69) is 13.0 Å². The third-order valence-electron chi connectivity index (χ3n) is 4.62. The first-order valence-corrected chi connectivity index (χ1v) is 8.30. The molecule has 0 aliphatic heterocycles. The van der Waals surface area contributed by atoms with Gasteiger partial charge in [0.05, 0.1) is 0 Å². The van der Waals surface area contributed by atoms with Crippen molar-refractivity contribution in [3.63, 3.8) is 0 Å². The topological polar surface area (TPSA) is 0 Å². The summed E-state index contributed by atoms with van der Waals surface area (Å²) in [5, 5.41) is 0. The van der Waals surface area contributed by atoms with Crippen molar-refractivity contribution in [1.82, 2.24) is 0 Å². The first kappa shape index (κ1) is 16.5. The van der Waals surface area contributed by atoms with Crippen LogP contribution in [0.1, 0.15) is 57.1 Å². The third-order valence-corrected chi connectivity index (χ3v) is 5.44. The Morgan fingerprint density at radius 2 is 2.05 bits per heavy atom. The lowest BCUT2D eigenvalue weighted by Gasteiger charge is -2.42. The second-order valence-corrected chi connectivity index (χ2v) is 6.75. The lowest BCUT2D eigenvalue weighted by Crippen LogP contribution is -2.36. The fourth-order valence-electron chi connectivity index (χ4n) is 3.46. The first-order valence-electron chi connectivity index (χ1n) is 7.85. The Hall–Kier alpha value is -0.830. The number of allylic oxidation sites excluding steroid dienone is 2. The second-order valence-electron chi connectivity index (χ2n) is 5.95. The van der Waals surface area contributed by atoms with Gasteiger partial charge in [-0.2, -0.15) is 12.6 Å². The molecule has 0 aromatic heterocycles. The molecule has 0 saturated heterocycles. The highest BCUT2D eigenvalue weighted by Gasteiger charge is 2.43. The number of rotatable bonds is 5. The lowest BCUT2D eigenvalue weighted by molar-refractivity contribution is 0.303. The molecule has 1 aromatic rings. The fraction of sp³-hybridized carbons (Fsp3) is 0.556. The Bertz CT molecular complexity index is 524. The van der Waals surface area contributed by atoms with E-state index < -0.39 is 4.75 Å². The van der Waals surface area contributed by atoms with Gasteiger partial charge >= 0.3 is 0 Å². The molecule has 0 nitrogen and oxygen atoms in total. The minimum atomic E-state index is -0.560. The van der Waals surface area contributed by atoms with E-state index in [4.69, 9.17) is 12.6 Å². The second kappa shape index (κ2) is 6.95. The smallest absolute Gasteiger partial charge is 0.128 e. The SMILES string of the molecule is C/C=C\CC1CCc2c(F)ccc(F)c2[C@]1(S)CCCC. The van der Waals surface area contributed by atoms with Crippen LogP contribution in [-0.2, 0) is 11.2 Å². The molecule has 0 amide bonds. The van der Waals surface area contributed by atoms with Gasteiger partial charge in [-0.15, -0.1) is 0 Å². The Morgan fingerprint density at radius 3 is 2.71 bits per heavy atom. The van der Waals surface area contributed by atoms with Gasteiger partial charge in [-0.3, -0.25) is 0 Å². The highest BCUT2D eigenvalue weighted by Crippen LogP contribution is 2.50. The average molecular weight is 310 g/mol. The molecule has 1 aliphatic rings.